The van der Waals surface area contributed by atoms with Crippen molar-refractivity contribution in [2.75, 3.05) is 0 Å². The van der Waals surface area contributed by atoms with Gasteiger partial charge in [0, 0.05) is 70.9 Å². The minimum absolute atomic E-state index is 0.454. The van der Waals surface area contributed by atoms with Gasteiger partial charge in [0.2, 0.25) is 0 Å². The van der Waals surface area contributed by atoms with Crippen molar-refractivity contribution in [3.63, 3.8) is 0 Å². The van der Waals surface area contributed by atoms with Crippen LogP contribution < -0.4 is 0 Å². The molecular weight excluding hydrogens is 1790 g/mol. The molecule has 0 aliphatic rings. The van der Waals surface area contributed by atoms with Crippen LogP contribution in [0.3, 0.4) is 0 Å². The number of hydrogen-bond donors (Lipinski definition) is 0. The van der Waals surface area contributed by atoms with E-state index >= 15 is 0 Å². The Kier molecular flexibility index (Phi) is 21.7. The summed E-state index contributed by atoms with van der Waals surface area (Å²) in [5.41, 5.74) is 47.1. The van der Waals surface area contributed by atoms with Gasteiger partial charge in [-0.25, -0.2) is 9.97 Å². The van der Waals surface area contributed by atoms with Gasteiger partial charge in [-0.2, -0.15) is 10.5 Å². The number of nitriles is 2. The SMILES string of the molecule is Cc1cccc(-c2ccc3c(c2)c2cc(-c4cccc(C)c4)ccc2n3-c2ccc(C#N)cc2-c2ccc(-n3c4ccc(-c5cccc(C)c5)cc4c4cc(-c5cccc(C)c5)ccc43)c(-c3cc(-c4ccccc4)nc(-c4cc(-c5cc(C#N)ccc5-n5c6ccc(-c7cccc(C)c7)cc6c6cc(-c7cccc(C)c7)ccc65)ccc4-n4c5ccc(-c6cccc(C)c6)cc5c5cc(-c6cccc(C)c6)ccc54)n3)c2)c1. The molecule has 5 heterocycles. The summed E-state index contributed by atoms with van der Waals surface area (Å²) in [6.07, 6.45) is 0. The van der Waals surface area contributed by atoms with Crippen molar-refractivity contribution >= 4 is 87.2 Å². The fraction of sp³-hybridized carbons (Fsp3) is 0.0571. The van der Waals surface area contributed by atoms with Gasteiger partial charge in [-0.05, 0) is 319 Å². The topological polar surface area (TPSA) is 93.1 Å². The summed E-state index contributed by atoms with van der Waals surface area (Å²) in [6.45, 7) is 17.3. The molecule has 8 heteroatoms. The van der Waals surface area contributed by atoms with Crippen molar-refractivity contribution in [2.45, 2.75) is 55.4 Å². The summed E-state index contributed by atoms with van der Waals surface area (Å²) in [5, 5.41) is 31.7. The Balaban J connectivity index is 0.771. The fourth-order valence-electron chi connectivity index (χ4n) is 22.9. The number of hydrogen-bond acceptors (Lipinski definition) is 4. The molecule has 0 N–H and O–H groups in total. The van der Waals surface area contributed by atoms with Crippen LogP contribution in [-0.4, -0.2) is 28.2 Å². The summed E-state index contributed by atoms with van der Waals surface area (Å²) in [7, 11) is 0. The predicted molar refractivity (Wildman–Crippen MR) is 617 cm³/mol. The molecule has 0 saturated heterocycles. The lowest BCUT2D eigenvalue weighted by atomic mass is 9.95. The van der Waals surface area contributed by atoms with Gasteiger partial charge in [-0.15, -0.1) is 0 Å². The maximum atomic E-state index is 11.5. The Hall–Kier alpha value is -19.1. The Morgan fingerprint density at radius 1 is 0.162 bits per heavy atom. The first-order valence-electron chi connectivity index (χ1n) is 50.7. The molecule has 26 aromatic rings. The van der Waals surface area contributed by atoms with Crippen LogP contribution in [0.5, 0.6) is 0 Å². The lowest BCUT2D eigenvalue weighted by Crippen LogP contribution is -2.05. The maximum absolute atomic E-state index is 11.5. The predicted octanol–water partition coefficient (Wildman–Crippen LogP) is 36.7. The van der Waals surface area contributed by atoms with Crippen LogP contribution in [0.25, 0.3) is 255 Å². The van der Waals surface area contributed by atoms with E-state index in [9.17, 15) is 10.5 Å². The second-order valence-corrected chi connectivity index (χ2v) is 40.1. The monoisotopic (exact) mass is 1890 g/mol. The number of benzene rings is 21. The molecule has 698 valence electrons. The highest BCUT2D eigenvalue weighted by molar-refractivity contribution is 6.17. The zero-order valence-corrected chi connectivity index (χ0v) is 83.3. The molecule has 0 amide bonds. The van der Waals surface area contributed by atoms with Crippen molar-refractivity contribution in [1.29, 1.82) is 10.5 Å². The van der Waals surface area contributed by atoms with Gasteiger partial charge in [-0.1, -0.05) is 330 Å². The van der Waals surface area contributed by atoms with Gasteiger partial charge in [0.05, 0.1) is 102 Å². The van der Waals surface area contributed by atoms with E-state index in [0.717, 1.165) is 238 Å². The molecule has 0 aliphatic heterocycles. The van der Waals surface area contributed by atoms with Crippen LogP contribution in [-0.2, 0) is 0 Å². The molecule has 26 rings (SSSR count). The zero-order valence-electron chi connectivity index (χ0n) is 83.3. The third-order valence-electron chi connectivity index (χ3n) is 30.0. The zero-order chi connectivity index (χ0) is 99.8. The van der Waals surface area contributed by atoms with Crippen molar-refractivity contribution in [3.05, 3.63) is 505 Å². The molecule has 21 aromatic carbocycles. The molecule has 5 aromatic heterocycles. The van der Waals surface area contributed by atoms with E-state index in [1.807, 2.05) is 12.1 Å². The molecule has 0 bridgehead atoms. The molecule has 0 saturated carbocycles. The molecule has 8 nitrogen and oxygen atoms in total. The average Bonchev–Trinajstić information content (AvgIpc) is 1.57. The van der Waals surface area contributed by atoms with E-state index in [4.69, 9.17) is 9.97 Å². The van der Waals surface area contributed by atoms with Crippen molar-refractivity contribution in [1.82, 2.24) is 28.2 Å². The first kappa shape index (κ1) is 89.0. The summed E-state index contributed by atoms with van der Waals surface area (Å²) in [6, 6.07) is 170. The molecular formula is C140H98N8. The Labute approximate surface area is 859 Å². The summed E-state index contributed by atoms with van der Waals surface area (Å²) >= 11 is 0. The molecule has 148 heavy (non-hydrogen) atoms. The summed E-state index contributed by atoms with van der Waals surface area (Å²) < 4.78 is 9.71. The Morgan fingerprint density at radius 3 is 0.622 bits per heavy atom. The van der Waals surface area contributed by atoms with Gasteiger partial charge in [0.15, 0.2) is 5.82 Å². The normalized spacial score (nSPS) is 11.6. The van der Waals surface area contributed by atoms with Gasteiger partial charge in [0.25, 0.3) is 0 Å². The highest BCUT2D eigenvalue weighted by Gasteiger charge is 2.29. The third kappa shape index (κ3) is 15.8. The van der Waals surface area contributed by atoms with Gasteiger partial charge >= 0.3 is 0 Å². The second kappa shape index (κ2) is 36.1. The Morgan fingerprint density at radius 2 is 0.372 bits per heavy atom. The second-order valence-electron chi connectivity index (χ2n) is 40.1. The van der Waals surface area contributed by atoms with Crippen LogP contribution in [0, 0.1) is 78.1 Å². The number of nitrogens with zero attached hydrogens (tertiary/aromatic N) is 8. The van der Waals surface area contributed by atoms with E-state index in [1.165, 1.54) is 44.5 Å². The maximum Gasteiger partial charge on any atom is 0.162 e. The highest BCUT2D eigenvalue weighted by atomic mass is 15.0. The first-order valence-corrected chi connectivity index (χ1v) is 50.7. The first-order chi connectivity index (χ1) is 72.4. The van der Waals surface area contributed by atoms with E-state index in [-0.39, 0.29) is 0 Å². The molecule has 0 aliphatic carbocycles. The van der Waals surface area contributed by atoms with E-state index < -0.39 is 0 Å². The number of fused-ring (bicyclic) bond motifs is 12. The van der Waals surface area contributed by atoms with Crippen molar-refractivity contribution < 1.29 is 0 Å². The largest absolute Gasteiger partial charge is 0.309 e. The standard InChI is InChI=1S/C140H98N8/c1-85-20-12-30-96(62-85)104-40-52-130-116(72-104)117-73-105(97-31-13-21-86(2)63-97)41-53-131(117)145(130)128-50-38-93(83-141)70-114(128)112-48-60-138(147-134-56-44-108(100-34-16-24-89(5)66-100)76-120(134)121-77-109(45-57-135(121)147)101-35-17-25-90(6)67-101)124(80-112)127-82-126(95-28-10-9-11-29-95)143-140(144-127)125-81-113(49-61-139(125)148-136-58-46-110(102-36-18-26-91(7)68-102)78-122(136)123-79-111(47-59-137(123)148)103-37-19-27-92(8)69-103)115-71-94(84-142)39-51-129(115)146-132-54-42-106(98-32-14-22-87(3)64-98)74-118(132)119-75-107(43-55-133(119)146)99-33-15-23-88(4)65-99/h9-82H,1-8H3. The van der Waals surface area contributed by atoms with Crippen molar-refractivity contribution in [2.24, 2.45) is 0 Å². The van der Waals surface area contributed by atoms with Crippen molar-refractivity contribution in [3.8, 4) is 180 Å². The van der Waals surface area contributed by atoms with Crippen LogP contribution in [0.2, 0.25) is 0 Å². The van der Waals surface area contributed by atoms with Gasteiger partial charge in [-0.3, -0.25) is 0 Å². The fourth-order valence-corrected chi connectivity index (χ4v) is 22.9. The quantitative estimate of drug-likeness (QED) is 0.0908. The molecule has 0 radical (unpaired) electrons. The van der Waals surface area contributed by atoms with Crippen LogP contribution in [0.15, 0.2) is 449 Å². The number of aromatic nitrogens is 6. The molecule has 0 unspecified atom stereocenters. The highest BCUT2D eigenvalue weighted by Crippen LogP contribution is 2.50. The lowest BCUT2D eigenvalue weighted by Gasteiger charge is -2.20. The van der Waals surface area contributed by atoms with Gasteiger partial charge in [0.1, 0.15) is 0 Å². The average molecular weight is 1890 g/mol. The summed E-state index contributed by atoms with van der Waals surface area (Å²) in [5.74, 6) is 0.454. The van der Waals surface area contributed by atoms with E-state index in [1.54, 1.807) is 0 Å². The van der Waals surface area contributed by atoms with Crippen LogP contribution in [0.1, 0.15) is 55.6 Å². The number of aryl methyl sites for hydroxylation is 8. The third-order valence-corrected chi connectivity index (χ3v) is 30.0. The van der Waals surface area contributed by atoms with Crippen LogP contribution >= 0.6 is 0 Å². The minimum Gasteiger partial charge on any atom is -0.309 e. The molecule has 0 fully saturated rings. The molecule has 0 atom stereocenters. The lowest BCUT2D eigenvalue weighted by molar-refractivity contribution is 1.13. The van der Waals surface area contributed by atoms with E-state index in [2.05, 4.69) is 523 Å². The summed E-state index contributed by atoms with van der Waals surface area (Å²) in [4.78, 5) is 12.4. The number of rotatable bonds is 17. The van der Waals surface area contributed by atoms with Gasteiger partial charge < -0.3 is 18.3 Å². The van der Waals surface area contributed by atoms with E-state index in [0.29, 0.717) is 28.3 Å². The smallest absolute Gasteiger partial charge is 0.162 e. The molecule has 0 spiro atoms. The Bertz CT molecular complexity index is 9170. The van der Waals surface area contributed by atoms with Crippen LogP contribution in [0.4, 0.5) is 0 Å². The minimum atomic E-state index is 0.454.